The minimum absolute atomic E-state index is 0.625. The Labute approximate surface area is 169 Å². The summed E-state index contributed by atoms with van der Waals surface area (Å²) in [4.78, 5) is 7.14. The standard InChI is InChI=1S/C21H21ClN6/c1-4-27(5-2)16-12-10-15(11-13-16)23-20-19(17-8-6-7-9-18(17)22)26-28-14(3)24-25-21(20)28/h6-13H,4-5H2,1-3H3. The maximum absolute atomic E-state index is 6.42. The average Bonchev–Trinajstić information content (AvgIpc) is 3.25. The fourth-order valence-corrected chi connectivity index (χ4v) is 3.50. The summed E-state index contributed by atoms with van der Waals surface area (Å²) < 4.78 is 1.71. The molecule has 1 aromatic heterocycles. The van der Waals surface area contributed by atoms with E-state index in [4.69, 9.17) is 16.6 Å². The largest absolute Gasteiger partial charge is 0.372 e. The average molecular weight is 393 g/mol. The van der Waals surface area contributed by atoms with Crippen LogP contribution in [0.1, 0.15) is 31.1 Å². The second-order valence-corrected chi connectivity index (χ2v) is 6.87. The smallest absolute Gasteiger partial charge is 0.205 e. The van der Waals surface area contributed by atoms with Crippen LogP contribution in [0, 0.1) is 6.92 Å². The van der Waals surface area contributed by atoms with Crippen LogP contribution >= 0.6 is 11.6 Å². The summed E-state index contributed by atoms with van der Waals surface area (Å²) in [5, 5.41) is 13.7. The maximum atomic E-state index is 6.42. The molecule has 2 aromatic carbocycles. The van der Waals surface area contributed by atoms with Crippen molar-refractivity contribution in [2.75, 3.05) is 18.0 Å². The molecule has 0 bridgehead atoms. The molecular weight excluding hydrogens is 372 g/mol. The summed E-state index contributed by atoms with van der Waals surface area (Å²) in [7, 11) is 0. The first-order valence-corrected chi connectivity index (χ1v) is 9.70. The van der Waals surface area contributed by atoms with Crippen molar-refractivity contribution in [3.63, 3.8) is 0 Å². The van der Waals surface area contributed by atoms with Crippen molar-refractivity contribution in [2.45, 2.75) is 20.8 Å². The highest BCUT2D eigenvalue weighted by Crippen LogP contribution is 2.26. The van der Waals surface area contributed by atoms with Crippen LogP contribution in [0.5, 0.6) is 0 Å². The third kappa shape index (κ3) is 3.20. The Kier molecular flexibility index (Phi) is 4.96. The van der Waals surface area contributed by atoms with Crippen LogP contribution in [0.15, 0.2) is 58.6 Å². The van der Waals surface area contributed by atoms with Gasteiger partial charge in [0.2, 0.25) is 5.82 Å². The van der Waals surface area contributed by atoms with Crippen molar-refractivity contribution < 1.29 is 0 Å². The molecule has 4 rings (SSSR count). The van der Waals surface area contributed by atoms with Crippen LogP contribution in [-0.4, -0.2) is 39.4 Å². The van der Waals surface area contributed by atoms with Gasteiger partial charge < -0.3 is 4.90 Å². The summed E-state index contributed by atoms with van der Waals surface area (Å²) in [5.74, 6) is 1.34. The van der Waals surface area contributed by atoms with Gasteiger partial charge in [-0.1, -0.05) is 29.8 Å². The van der Waals surface area contributed by atoms with E-state index in [1.54, 1.807) is 4.68 Å². The minimum atomic E-state index is 0.625. The first-order chi connectivity index (χ1) is 13.6. The number of fused-ring (bicyclic) bond motifs is 1. The first kappa shape index (κ1) is 18.4. The first-order valence-electron chi connectivity index (χ1n) is 9.32. The second-order valence-electron chi connectivity index (χ2n) is 6.46. The van der Waals surface area contributed by atoms with Gasteiger partial charge in [-0.3, -0.25) is 0 Å². The molecule has 0 aliphatic carbocycles. The van der Waals surface area contributed by atoms with Gasteiger partial charge in [-0.15, -0.1) is 10.2 Å². The number of hydrogen-bond acceptors (Lipinski definition) is 5. The molecule has 0 saturated carbocycles. The van der Waals surface area contributed by atoms with Crippen molar-refractivity contribution in [3.8, 4) is 0 Å². The molecular formula is C21H21ClN6. The lowest BCUT2D eigenvalue weighted by Gasteiger charge is -2.20. The zero-order chi connectivity index (χ0) is 19.7. The van der Waals surface area contributed by atoms with Crippen LogP contribution < -0.4 is 4.90 Å². The van der Waals surface area contributed by atoms with E-state index < -0.39 is 0 Å². The molecule has 0 unspecified atom stereocenters. The molecule has 0 atom stereocenters. The number of hydrogen-bond donors (Lipinski definition) is 0. The van der Waals surface area contributed by atoms with Gasteiger partial charge in [-0.25, -0.2) is 4.99 Å². The molecule has 0 amide bonds. The van der Waals surface area contributed by atoms with E-state index in [-0.39, 0.29) is 0 Å². The van der Waals surface area contributed by atoms with Crippen molar-refractivity contribution >= 4 is 34.4 Å². The van der Waals surface area contributed by atoms with Crippen LogP contribution in [0.3, 0.4) is 0 Å². The number of benzene rings is 2. The lowest BCUT2D eigenvalue weighted by Crippen LogP contribution is -2.21. The van der Waals surface area contributed by atoms with E-state index >= 15 is 0 Å². The lowest BCUT2D eigenvalue weighted by atomic mass is 10.1. The van der Waals surface area contributed by atoms with Gasteiger partial charge >= 0.3 is 0 Å². The molecule has 3 aromatic rings. The Morgan fingerprint density at radius 2 is 1.71 bits per heavy atom. The van der Waals surface area contributed by atoms with Crippen LogP contribution in [0.25, 0.3) is 0 Å². The fraction of sp³-hybridized carbons (Fsp3) is 0.238. The molecule has 0 saturated heterocycles. The highest BCUT2D eigenvalue weighted by Gasteiger charge is 2.29. The van der Waals surface area contributed by atoms with Gasteiger partial charge in [-0.05, 0) is 51.1 Å². The summed E-state index contributed by atoms with van der Waals surface area (Å²) in [6.45, 7) is 8.10. The molecule has 2 heterocycles. The molecule has 0 spiro atoms. The van der Waals surface area contributed by atoms with Crippen molar-refractivity contribution in [1.82, 2.24) is 14.9 Å². The fourth-order valence-electron chi connectivity index (χ4n) is 3.27. The number of anilines is 1. The molecule has 28 heavy (non-hydrogen) atoms. The minimum Gasteiger partial charge on any atom is -0.372 e. The van der Waals surface area contributed by atoms with E-state index in [2.05, 4.69) is 46.2 Å². The van der Waals surface area contributed by atoms with E-state index in [9.17, 15) is 0 Å². The normalized spacial score (nSPS) is 14.3. The molecule has 0 radical (unpaired) electrons. The quantitative estimate of drug-likeness (QED) is 0.643. The third-order valence-electron chi connectivity index (χ3n) is 4.78. The Hall–Kier alpha value is -2.99. The van der Waals surface area contributed by atoms with Gasteiger partial charge in [0.1, 0.15) is 11.4 Å². The van der Waals surface area contributed by atoms with Gasteiger partial charge in [0.05, 0.1) is 10.7 Å². The van der Waals surface area contributed by atoms with Crippen LogP contribution in [0.2, 0.25) is 5.02 Å². The number of aliphatic imine (C=N–C) groups is 1. The van der Waals surface area contributed by atoms with Crippen LogP contribution in [0.4, 0.5) is 11.4 Å². The van der Waals surface area contributed by atoms with E-state index in [0.717, 1.165) is 24.3 Å². The Morgan fingerprint density at radius 1 is 1.00 bits per heavy atom. The molecule has 6 nitrogen and oxygen atoms in total. The predicted octanol–water partition coefficient (Wildman–Crippen LogP) is 4.47. The van der Waals surface area contributed by atoms with E-state index in [0.29, 0.717) is 28.1 Å². The molecule has 0 fully saturated rings. The summed E-state index contributed by atoms with van der Waals surface area (Å²) in [5.41, 5.74) is 4.21. The summed E-state index contributed by atoms with van der Waals surface area (Å²) in [6.07, 6.45) is 0. The molecule has 1 aliphatic rings. The molecule has 0 N–H and O–H groups in total. The lowest BCUT2D eigenvalue weighted by molar-refractivity contribution is 0.835. The second kappa shape index (κ2) is 7.56. The zero-order valence-electron chi connectivity index (χ0n) is 16.1. The molecule has 142 valence electrons. The van der Waals surface area contributed by atoms with Crippen LogP contribution in [-0.2, 0) is 0 Å². The SMILES string of the molecule is CCN(CC)c1ccc(N=C2C(c3ccccc3Cl)=Nn3c(C)nnc32)cc1. The Morgan fingerprint density at radius 3 is 2.39 bits per heavy atom. The van der Waals surface area contributed by atoms with Gasteiger partial charge in [0, 0.05) is 24.3 Å². The number of nitrogens with zero attached hydrogens (tertiary/aromatic N) is 6. The van der Waals surface area contributed by atoms with E-state index in [1.165, 1.54) is 5.69 Å². The van der Waals surface area contributed by atoms with Crippen molar-refractivity contribution in [1.29, 1.82) is 0 Å². The zero-order valence-corrected chi connectivity index (χ0v) is 16.9. The Bertz CT molecular complexity index is 1060. The maximum Gasteiger partial charge on any atom is 0.205 e. The Balaban J connectivity index is 1.78. The van der Waals surface area contributed by atoms with Crippen molar-refractivity contribution in [3.05, 3.63) is 70.8 Å². The number of rotatable bonds is 5. The summed E-state index contributed by atoms with van der Waals surface area (Å²) >= 11 is 6.42. The number of aromatic nitrogens is 3. The van der Waals surface area contributed by atoms with Gasteiger partial charge in [0.15, 0.2) is 5.82 Å². The van der Waals surface area contributed by atoms with Gasteiger partial charge in [0.25, 0.3) is 0 Å². The van der Waals surface area contributed by atoms with Gasteiger partial charge in [-0.2, -0.15) is 9.78 Å². The molecule has 7 heteroatoms. The van der Waals surface area contributed by atoms with E-state index in [1.807, 2.05) is 43.3 Å². The summed E-state index contributed by atoms with van der Waals surface area (Å²) in [6, 6.07) is 15.8. The predicted molar refractivity (Wildman–Crippen MR) is 114 cm³/mol. The molecule has 1 aliphatic heterocycles. The highest BCUT2D eigenvalue weighted by molar-refractivity contribution is 6.56. The monoisotopic (exact) mass is 392 g/mol. The third-order valence-corrected chi connectivity index (χ3v) is 5.11. The van der Waals surface area contributed by atoms with Crippen molar-refractivity contribution in [2.24, 2.45) is 10.1 Å². The topological polar surface area (TPSA) is 58.7 Å². The number of aryl methyl sites for hydroxylation is 1. The number of halogens is 1. The highest BCUT2D eigenvalue weighted by atomic mass is 35.5.